The lowest BCUT2D eigenvalue weighted by Gasteiger charge is -2.37. The molecule has 0 N–H and O–H groups in total. The summed E-state index contributed by atoms with van der Waals surface area (Å²) in [5.41, 5.74) is -0.567. The topological polar surface area (TPSA) is 76.2 Å². The molecule has 7 heteroatoms. The van der Waals surface area contributed by atoms with Crippen LogP contribution in [0.2, 0.25) is 0 Å². The number of hydrogen-bond acceptors (Lipinski definition) is 6. The molecule has 1 amide bonds. The second kappa shape index (κ2) is 5.63. The number of Topliss-reactive ketones (excluding diaryl/α,β-unsaturated/α-hetero) is 1. The van der Waals surface area contributed by atoms with Gasteiger partial charge in [-0.05, 0) is 20.8 Å². The van der Waals surface area contributed by atoms with Gasteiger partial charge in [-0.1, -0.05) is 0 Å². The Bertz CT molecular complexity index is 457. The summed E-state index contributed by atoms with van der Waals surface area (Å²) >= 11 is 0. The van der Waals surface area contributed by atoms with Crippen LogP contribution in [-0.4, -0.2) is 72.6 Å². The number of rotatable bonds is 1. The van der Waals surface area contributed by atoms with Crippen molar-refractivity contribution in [2.45, 2.75) is 32.4 Å². The first-order valence-electron chi connectivity index (χ1n) is 7.06. The van der Waals surface area contributed by atoms with Gasteiger partial charge >= 0.3 is 12.1 Å². The first kappa shape index (κ1) is 15.8. The zero-order valence-electron chi connectivity index (χ0n) is 12.9. The minimum atomic E-state index is -0.737. The Morgan fingerprint density at radius 1 is 1.19 bits per heavy atom. The highest BCUT2D eigenvalue weighted by Crippen LogP contribution is 2.25. The van der Waals surface area contributed by atoms with E-state index in [1.165, 1.54) is 12.0 Å². The van der Waals surface area contributed by atoms with Crippen LogP contribution in [0.1, 0.15) is 20.8 Å². The van der Waals surface area contributed by atoms with Crippen LogP contribution in [0.4, 0.5) is 4.79 Å². The number of fused-ring (bicyclic) bond motifs is 1. The van der Waals surface area contributed by atoms with E-state index >= 15 is 0 Å². The second-order valence-corrected chi connectivity index (χ2v) is 6.42. The number of carbonyl (C=O) groups is 3. The third-order valence-corrected chi connectivity index (χ3v) is 3.72. The van der Waals surface area contributed by atoms with E-state index in [0.717, 1.165) is 0 Å². The molecule has 2 saturated heterocycles. The molecule has 0 aliphatic carbocycles. The Balaban J connectivity index is 2.02. The predicted octanol–water partition coefficient (Wildman–Crippen LogP) is 0.280. The second-order valence-electron chi connectivity index (χ2n) is 6.42. The third kappa shape index (κ3) is 3.34. The van der Waals surface area contributed by atoms with E-state index in [4.69, 9.17) is 4.74 Å². The van der Waals surface area contributed by atoms with Gasteiger partial charge in [0.25, 0.3) is 0 Å². The van der Waals surface area contributed by atoms with Crippen molar-refractivity contribution in [3.05, 3.63) is 0 Å². The van der Waals surface area contributed by atoms with Crippen LogP contribution < -0.4 is 0 Å². The van der Waals surface area contributed by atoms with Crippen LogP contribution in [0, 0.1) is 5.92 Å². The molecule has 0 spiro atoms. The number of esters is 1. The molecular weight excluding hydrogens is 276 g/mol. The van der Waals surface area contributed by atoms with E-state index < -0.39 is 29.6 Å². The van der Waals surface area contributed by atoms with Crippen LogP contribution >= 0.6 is 0 Å². The fourth-order valence-corrected chi connectivity index (χ4v) is 2.69. The number of ketones is 1. The minimum absolute atomic E-state index is 0.171. The molecule has 2 aliphatic rings. The van der Waals surface area contributed by atoms with Gasteiger partial charge in [-0.25, -0.2) is 4.79 Å². The van der Waals surface area contributed by atoms with Crippen LogP contribution in [-0.2, 0) is 19.1 Å². The van der Waals surface area contributed by atoms with Gasteiger partial charge in [0.05, 0.1) is 13.2 Å². The van der Waals surface area contributed by atoms with Gasteiger partial charge in [0.15, 0.2) is 5.78 Å². The molecule has 2 atom stereocenters. The Labute approximate surface area is 124 Å². The maximum atomic E-state index is 12.3. The van der Waals surface area contributed by atoms with Crippen LogP contribution in [0.15, 0.2) is 0 Å². The van der Waals surface area contributed by atoms with Crippen molar-refractivity contribution in [2.75, 3.05) is 33.3 Å². The lowest BCUT2D eigenvalue weighted by molar-refractivity contribution is -0.147. The third-order valence-electron chi connectivity index (χ3n) is 3.72. The number of nitrogens with zero attached hydrogens (tertiary/aromatic N) is 2. The highest BCUT2D eigenvalue weighted by Gasteiger charge is 2.47. The predicted molar refractivity (Wildman–Crippen MR) is 73.7 cm³/mol. The van der Waals surface area contributed by atoms with E-state index in [2.05, 4.69) is 4.74 Å². The van der Waals surface area contributed by atoms with Gasteiger partial charge in [0.1, 0.15) is 11.5 Å². The minimum Gasteiger partial charge on any atom is -0.468 e. The molecule has 0 aromatic rings. The maximum Gasteiger partial charge on any atom is 0.410 e. The van der Waals surface area contributed by atoms with E-state index in [0.29, 0.717) is 19.6 Å². The lowest BCUT2D eigenvalue weighted by atomic mass is 10.0. The molecule has 118 valence electrons. The molecule has 7 nitrogen and oxygen atoms in total. The van der Waals surface area contributed by atoms with Crippen molar-refractivity contribution in [1.82, 2.24) is 9.80 Å². The Kier molecular flexibility index (Phi) is 4.22. The molecular formula is C14H22N2O5. The van der Waals surface area contributed by atoms with Gasteiger partial charge in [0, 0.05) is 26.2 Å². The standard InChI is InChI=1S/C14H22N2O5/c1-14(2,3)21-13(19)16-6-5-15-7-9(12(18)20-4)11(17)10(15)8-16/h9-10H,5-8H2,1-4H3. The number of methoxy groups -OCH3 is 1. The Morgan fingerprint density at radius 3 is 2.43 bits per heavy atom. The summed E-state index contributed by atoms with van der Waals surface area (Å²) in [5, 5.41) is 0. The number of amides is 1. The van der Waals surface area contributed by atoms with Crippen LogP contribution in [0.25, 0.3) is 0 Å². The molecule has 2 fully saturated rings. The molecule has 0 aromatic heterocycles. The summed E-state index contributed by atoms with van der Waals surface area (Å²) in [4.78, 5) is 39.4. The highest BCUT2D eigenvalue weighted by atomic mass is 16.6. The molecule has 2 aliphatic heterocycles. The fourth-order valence-electron chi connectivity index (χ4n) is 2.69. The van der Waals surface area contributed by atoms with E-state index in [-0.39, 0.29) is 12.3 Å². The van der Waals surface area contributed by atoms with Gasteiger partial charge in [-0.2, -0.15) is 0 Å². The van der Waals surface area contributed by atoms with Gasteiger partial charge in [-0.3, -0.25) is 14.5 Å². The van der Waals surface area contributed by atoms with Gasteiger partial charge < -0.3 is 14.4 Å². The number of ether oxygens (including phenoxy) is 2. The van der Waals surface area contributed by atoms with Crippen molar-refractivity contribution in [3.63, 3.8) is 0 Å². The fraction of sp³-hybridized carbons (Fsp3) is 0.786. The summed E-state index contributed by atoms with van der Waals surface area (Å²) in [5.74, 6) is -1.41. The van der Waals surface area contributed by atoms with E-state index in [1.54, 1.807) is 20.8 Å². The lowest BCUT2D eigenvalue weighted by Crippen LogP contribution is -2.54. The number of piperazine rings is 1. The van der Waals surface area contributed by atoms with E-state index in [1.807, 2.05) is 4.90 Å². The van der Waals surface area contributed by atoms with Crippen molar-refractivity contribution in [1.29, 1.82) is 0 Å². The molecule has 0 bridgehead atoms. The smallest absolute Gasteiger partial charge is 0.410 e. The Hall–Kier alpha value is -1.63. The van der Waals surface area contributed by atoms with Crippen molar-refractivity contribution >= 4 is 17.8 Å². The first-order chi connectivity index (χ1) is 9.73. The average Bonchev–Trinajstić information content (AvgIpc) is 2.73. The zero-order valence-corrected chi connectivity index (χ0v) is 12.9. The quantitative estimate of drug-likeness (QED) is 0.511. The molecule has 21 heavy (non-hydrogen) atoms. The number of carbonyl (C=O) groups excluding carboxylic acids is 3. The maximum absolute atomic E-state index is 12.3. The van der Waals surface area contributed by atoms with E-state index in [9.17, 15) is 14.4 Å². The van der Waals surface area contributed by atoms with Crippen LogP contribution in [0.3, 0.4) is 0 Å². The molecule has 0 aromatic carbocycles. The monoisotopic (exact) mass is 298 g/mol. The van der Waals surface area contributed by atoms with Crippen molar-refractivity contribution < 1.29 is 23.9 Å². The van der Waals surface area contributed by atoms with Crippen LogP contribution in [0.5, 0.6) is 0 Å². The van der Waals surface area contributed by atoms with Crippen molar-refractivity contribution in [2.24, 2.45) is 5.92 Å². The summed E-state index contributed by atoms with van der Waals surface area (Å²) in [6.07, 6.45) is -0.420. The molecule has 2 unspecified atom stereocenters. The highest BCUT2D eigenvalue weighted by molar-refractivity contribution is 6.04. The molecule has 0 saturated carbocycles. The summed E-state index contributed by atoms with van der Waals surface area (Å²) in [6, 6.07) is -0.435. The number of hydrogen-bond donors (Lipinski definition) is 0. The summed E-state index contributed by atoms with van der Waals surface area (Å²) in [7, 11) is 1.28. The molecule has 0 radical (unpaired) electrons. The molecule has 2 rings (SSSR count). The molecule has 2 heterocycles. The van der Waals surface area contributed by atoms with Gasteiger partial charge in [-0.15, -0.1) is 0 Å². The van der Waals surface area contributed by atoms with Crippen molar-refractivity contribution in [3.8, 4) is 0 Å². The SMILES string of the molecule is COC(=O)C1CN2CCN(C(=O)OC(C)(C)C)CC2C1=O. The normalized spacial score (nSPS) is 26.5. The summed E-state index contributed by atoms with van der Waals surface area (Å²) < 4.78 is 9.98. The van der Waals surface area contributed by atoms with Gasteiger partial charge in [0.2, 0.25) is 0 Å². The average molecular weight is 298 g/mol. The Morgan fingerprint density at radius 2 is 1.86 bits per heavy atom. The zero-order chi connectivity index (χ0) is 15.8. The first-order valence-corrected chi connectivity index (χ1v) is 7.06. The summed E-state index contributed by atoms with van der Waals surface area (Å²) in [6.45, 7) is 7.09. The largest absolute Gasteiger partial charge is 0.468 e.